The van der Waals surface area contributed by atoms with Crippen molar-refractivity contribution < 1.29 is 14.0 Å². The molecule has 8 heteroatoms. The molecule has 0 N–H and O–H groups in total. The molecule has 0 bridgehead atoms. The number of likely N-dealkylation sites (N-methyl/N-ethyl adjacent to an activating group) is 1. The highest BCUT2D eigenvalue weighted by Gasteiger charge is 2.25. The first-order valence-electron chi connectivity index (χ1n) is 8.65. The van der Waals surface area contributed by atoms with E-state index in [-0.39, 0.29) is 23.3 Å². The van der Waals surface area contributed by atoms with E-state index < -0.39 is 0 Å². The van der Waals surface area contributed by atoms with Gasteiger partial charge in [0.05, 0.1) is 12.2 Å². The molecule has 3 aromatic rings. The number of anilines is 1. The zero-order chi connectivity index (χ0) is 19.8. The summed E-state index contributed by atoms with van der Waals surface area (Å²) >= 11 is 1.29. The van der Waals surface area contributed by atoms with Gasteiger partial charge in [0, 0.05) is 30.9 Å². The van der Waals surface area contributed by atoms with E-state index in [1.54, 1.807) is 40.8 Å². The van der Waals surface area contributed by atoms with Gasteiger partial charge in [0.15, 0.2) is 16.8 Å². The van der Waals surface area contributed by atoms with E-state index in [1.165, 1.54) is 23.9 Å². The third-order valence-electron chi connectivity index (χ3n) is 4.75. The molecule has 0 atom stereocenters. The summed E-state index contributed by atoms with van der Waals surface area (Å²) < 4.78 is 14.9. The third kappa shape index (κ3) is 3.31. The predicted molar refractivity (Wildman–Crippen MR) is 105 cm³/mol. The Morgan fingerprint density at radius 3 is 2.64 bits per heavy atom. The highest BCUT2D eigenvalue weighted by atomic mass is 32.2. The van der Waals surface area contributed by atoms with Crippen molar-refractivity contribution in [1.82, 2.24) is 14.8 Å². The Morgan fingerprint density at radius 1 is 1.14 bits per heavy atom. The third-order valence-corrected chi connectivity index (χ3v) is 5.77. The number of rotatable bonds is 5. The first kappa shape index (κ1) is 18.4. The Morgan fingerprint density at radius 2 is 1.89 bits per heavy atom. The van der Waals surface area contributed by atoms with Crippen molar-refractivity contribution in [1.29, 1.82) is 0 Å². The van der Waals surface area contributed by atoms with Crippen molar-refractivity contribution in [3.8, 4) is 11.4 Å². The molecule has 2 heterocycles. The SMILES string of the molecule is CN1C(=O)Cc2cc(C(=O)CSc3nnc(-c4ccc(F)cc4)n3C)ccc21. The molecule has 6 nitrogen and oxygen atoms in total. The zero-order valence-corrected chi connectivity index (χ0v) is 16.2. The van der Waals surface area contributed by atoms with Gasteiger partial charge >= 0.3 is 0 Å². The quantitative estimate of drug-likeness (QED) is 0.490. The molecule has 1 aromatic heterocycles. The van der Waals surface area contributed by atoms with Crippen molar-refractivity contribution >= 4 is 29.1 Å². The number of carbonyl (C=O) groups is 2. The normalized spacial score (nSPS) is 13.1. The Balaban J connectivity index is 1.47. The zero-order valence-electron chi connectivity index (χ0n) is 15.3. The van der Waals surface area contributed by atoms with Crippen LogP contribution in [0.25, 0.3) is 11.4 Å². The van der Waals surface area contributed by atoms with Gasteiger partial charge in [0.2, 0.25) is 5.91 Å². The number of hydrogen-bond acceptors (Lipinski definition) is 5. The van der Waals surface area contributed by atoms with Crippen LogP contribution in [-0.2, 0) is 18.3 Å². The summed E-state index contributed by atoms with van der Waals surface area (Å²) in [4.78, 5) is 26.0. The number of thioether (sulfide) groups is 1. The Bertz CT molecular complexity index is 1080. The van der Waals surface area contributed by atoms with Gasteiger partial charge in [-0.15, -0.1) is 10.2 Å². The minimum atomic E-state index is -0.312. The molecule has 2 aromatic carbocycles. The Labute approximate surface area is 165 Å². The minimum absolute atomic E-state index is 0.0291. The lowest BCUT2D eigenvalue weighted by Gasteiger charge is -2.10. The number of benzene rings is 2. The maximum atomic E-state index is 13.1. The number of nitrogens with zero attached hydrogens (tertiary/aromatic N) is 4. The second-order valence-corrected chi connectivity index (χ2v) is 7.50. The molecule has 4 rings (SSSR count). The van der Waals surface area contributed by atoms with Crippen molar-refractivity contribution in [3.63, 3.8) is 0 Å². The molecule has 142 valence electrons. The van der Waals surface area contributed by atoms with Crippen molar-refractivity contribution in [2.75, 3.05) is 17.7 Å². The standard InChI is InChI=1S/C20H17FN4O2S/c1-24-16-8-5-13(9-14(16)10-18(24)27)17(26)11-28-20-23-22-19(25(20)2)12-3-6-15(21)7-4-12/h3-9H,10-11H2,1-2H3. The number of hydrogen-bond donors (Lipinski definition) is 0. The molecule has 1 amide bonds. The summed E-state index contributed by atoms with van der Waals surface area (Å²) in [6.45, 7) is 0. The molecule has 1 aliphatic rings. The molecule has 0 saturated heterocycles. The van der Waals surface area contributed by atoms with E-state index in [0.717, 1.165) is 16.8 Å². The monoisotopic (exact) mass is 396 g/mol. The van der Waals surface area contributed by atoms with Crippen LogP contribution >= 0.6 is 11.8 Å². The van der Waals surface area contributed by atoms with Gasteiger partial charge in [-0.2, -0.15) is 0 Å². The van der Waals surface area contributed by atoms with Crippen LogP contribution in [0.1, 0.15) is 15.9 Å². The second kappa shape index (κ2) is 7.20. The van der Waals surface area contributed by atoms with Crippen molar-refractivity contribution in [2.24, 2.45) is 7.05 Å². The van der Waals surface area contributed by atoms with Gasteiger partial charge in [-0.3, -0.25) is 9.59 Å². The molecule has 0 spiro atoms. The van der Waals surface area contributed by atoms with Gasteiger partial charge in [-0.05, 0) is 48.0 Å². The van der Waals surface area contributed by atoms with Crippen molar-refractivity contribution in [2.45, 2.75) is 11.6 Å². The van der Waals surface area contributed by atoms with Crippen LogP contribution < -0.4 is 4.90 Å². The number of halogens is 1. The van der Waals surface area contributed by atoms with Crippen LogP contribution in [0, 0.1) is 5.82 Å². The van der Waals surface area contributed by atoms with Crippen LogP contribution in [0.3, 0.4) is 0 Å². The molecular weight excluding hydrogens is 379 g/mol. The fourth-order valence-corrected chi connectivity index (χ4v) is 3.95. The molecule has 1 aliphatic heterocycles. The first-order valence-corrected chi connectivity index (χ1v) is 9.63. The van der Waals surface area contributed by atoms with E-state index >= 15 is 0 Å². The topological polar surface area (TPSA) is 68.1 Å². The number of Topliss-reactive ketones (excluding diaryl/α,β-unsaturated/α-hetero) is 1. The smallest absolute Gasteiger partial charge is 0.231 e. The Kier molecular flexibility index (Phi) is 4.72. The molecule has 0 unspecified atom stereocenters. The fraction of sp³-hybridized carbons (Fsp3) is 0.200. The highest BCUT2D eigenvalue weighted by Crippen LogP contribution is 2.29. The fourth-order valence-electron chi connectivity index (χ4n) is 3.15. The van der Waals surface area contributed by atoms with E-state index in [0.29, 0.717) is 23.0 Å². The maximum Gasteiger partial charge on any atom is 0.231 e. The van der Waals surface area contributed by atoms with Gasteiger partial charge in [0.25, 0.3) is 0 Å². The molecule has 28 heavy (non-hydrogen) atoms. The first-order chi connectivity index (χ1) is 13.4. The molecule has 0 aliphatic carbocycles. The van der Waals surface area contributed by atoms with Crippen LogP contribution in [0.4, 0.5) is 10.1 Å². The lowest BCUT2D eigenvalue weighted by molar-refractivity contribution is -0.117. The number of fused-ring (bicyclic) bond motifs is 1. The summed E-state index contributed by atoms with van der Waals surface area (Å²) in [5.74, 6) is 0.489. The van der Waals surface area contributed by atoms with Crippen LogP contribution in [0.2, 0.25) is 0 Å². The van der Waals surface area contributed by atoms with Gasteiger partial charge in [0.1, 0.15) is 5.82 Å². The van der Waals surface area contributed by atoms with Gasteiger partial charge in [-0.1, -0.05) is 11.8 Å². The predicted octanol–water partition coefficient (Wildman–Crippen LogP) is 3.12. The van der Waals surface area contributed by atoms with Gasteiger partial charge < -0.3 is 9.47 Å². The molecule has 0 radical (unpaired) electrons. The highest BCUT2D eigenvalue weighted by molar-refractivity contribution is 7.99. The van der Waals surface area contributed by atoms with E-state index in [2.05, 4.69) is 10.2 Å². The average Bonchev–Trinajstić information content (AvgIpc) is 3.19. The number of carbonyl (C=O) groups excluding carboxylic acids is 2. The summed E-state index contributed by atoms with van der Waals surface area (Å²) in [6.07, 6.45) is 0.324. The van der Waals surface area contributed by atoms with Gasteiger partial charge in [-0.25, -0.2) is 4.39 Å². The van der Waals surface area contributed by atoms with E-state index in [1.807, 2.05) is 13.1 Å². The largest absolute Gasteiger partial charge is 0.315 e. The summed E-state index contributed by atoms with van der Waals surface area (Å²) in [6, 6.07) is 11.4. The number of amides is 1. The van der Waals surface area contributed by atoms with E-state index in [9.17, 15) is 14.0 Å². The molecular formula is C20H17FN4O2S. The number of aromatic nitrogens is 3. The maximum absolute atomic E-state index is 13.1. The Hall–Kier alpha value is -3.00. The lowest BCUT2D eigenvalue weighted by Crippen LogP contribution is -2.20. The number of ketones is 1. The summed E-state index contributed by atoms with van der Waals surface area (Å²) in [7, 11) is 3.54. The molecule has 0 fully saturated rings. The van der Waals surface area contributed by atoms with Crippen molar-refractivity contribution in [3.05, 3.63) is 59.4 Å². The van der Waals surface area contributed by atoms with Crippen LogP contribution in [0.15, 0.2) is 47.6 Å². The minimum Gasteiger partial charge on any atom is -0.315 e. The van der Waals surface area contributed by atoms with E-state index in [4.69, 9.17) is 0 Å². The van der Waals surface area contributed by atoms with Crippen LogP contribution in [0.5, 0.6) is 0 Å². The molecule has 0 saturated carbocycles. The lowest BCUT2D eigenvalue weighted by atomic mass is 10.1. The summed E-state index contributed by atoms with van der Waals surface area (Å²) in [5.41, 5.74) is 3.06. The second-order valence-electron chi connectivity index (χ2n) is 6.56. The summed E-state index contributed by atoms with van der Waals surface area (Å²) in [5, 5.41) is 8.88. The average molecular weight is 396 g/mol. The van der Waals surface area contributed by atoms with Crippen LogP contribution in [-0.4, -0.2) is 39.3 Å².